The Morgan fingerprint density at radius 2 is 1.73 bits per heavy atom. The van der Waals surface area contributed by atoms with Crippen LogP contribution in [0.1, 0.15) is 28.4 Å². The van der Waals surface area contributed by atoms with Crippen LogP contribution < -0.4 is 9.47 Å². The number of aliphatic hydroxyl groups is 1. The van der Waals surface area contributed by atoms with Crippen molar-refractivity contribution in [2.75, 3.05) is 14.2 Å². The Balaban J connectivity index is 1.89. The SMILES string of the molecule is COc1ccc(/C(O)=C2\C(=O)C(=O)N(Cc3ccccn3)C2c2ccccc2C)cc1OC. The molecule has 1 unspecified atom stereocenters. The zero-order valence-electron chi connectivity index (χ0n) is 18.6. The Morgan fingerprint density at radius 3 is 2.39 bits per heavy atom. The molecular formula is C26H24N2O5. The molecule has 0 saturated carbocycles. The maximum atomic E-state index is 13.2. The van der Waals surface area contributed by atoms with Gasteiger partial charge in [0.25, 0.3) is 11.7 Å². The molecule has 1 atom stereocenters. The standard InChI is InChI=1S/C26H24N2O5/c1-16-8-4-5-10-19(16)23-22(24(29)17-11-12-20(32-2)21(14-17)33-3)25(30)26(31)28(23)15-18-9-6-7-13-27-18/h4-14,23,29H,15H2,1-3H3/b24-22+. The topological polar surface area (TPSA) is 89.0 Å². The van der Waals surface area contributed by atoms with E-state index in [9.17, 15) is 14.7 Å². The van der Waals surface area contributed by atoms with Gasteiger partial charge >= 0.3 is 0 Å². The number of aryl methyl sites for hydroxylation is 1. The van der Waals surface area contributed by atoms with Gasteiger partial charge in [0.15, 0.2) is 11.5 Å². The molecule has 2 aromatic carbocycles. The van der Waals surface area contributed by atoms with Gasteiger partial charge in [-0.05, 0) is 48.4 Å². The van der Waals surface area contributed by atoms with E-state index in [2.05, 4.69) is 4.98 Å². The molecule has 4 rings (SSSR count). The number of carbonyl (C=O) groups excluding carboxylic acids is 2. The third kappa shape index (κ3) is 4.05. The number of aliphatic hydroxyl groups excluding tert-OH is 1. The minimum atomic E-state index is -0.763. The Bertz CT molecular complexity index is 1240. The number of likely N-dealkylation sites (tertiary alicyclic amines) is 1. The highest BCUT2D eigenvalue weighted by molar-refractivity contribution is 6.46. The van der Waals surface area contributed by atoms with E-state index in [0.717, 1.165) is 11.1 Å². The Labute approximate surface area is 191 Å². The van der Waals surface area contributed by atoms with Gasteiger partial charge in [0, 0.05) is 11.8 Å². The van der Waals surface area contributed by atoms with Crippen molar-refractivity contribution < 1.29 is 24.2 Å². The predicted octanol–water partition coefficient (Wildman–Crippen LogP) is 4.03. The smallest absolute Gasteiger partial charge is 0.296 e. The lowest BCUT2D eigenvalue weighted by atomic mass is 9.92. The number of nitrogens with zero attached hydrogens (tertiary/aromatic N) is 2. The number of ketones is 1. The van der Waals surface area contributed by atoms with E-state index < -0.39 is 17.7 Å². The monoisotopic (exact) mass is 444 g/mol. The molecule has 1 aliphatic rings. The number of rotatable bonds is 6. The van der Waals surface area contributed by atoms with Gasteiger partial charge in [-0.2, -0.15) is 0 Å². The summed E-state index contributed by atoms with van der Waals surface area (Å²) in [6.07, 6.45) is 1.64. The van der Waals surface area contributed by atoms with E-state index in [1.54, 1.807) is 36.5 Å². The van der Waals surface area contributed by atoms with Crippen molar-refractivity contribution in [3.05, 3.63) is 94.8 Å². The van der Waals surface area contributed by atoms with Crippen LogP contribution in [0.25, 0.3) is 5.76 Å². The second-order valence-corrected chi connectivity index (χ2v) is 7.67. The zero-order chi connectivity index (χ0) is 23.5. The Kier molecular flexibility index (Phi) is 6.13. The molecule has 1 amide bonds. The average molecular weight is 444 g/mol. The molecule has 2 heterocycles. The van der Waals surface area contributed by atoms with Gasteiger partial charge in [-0.1, -0.05) is 30.3 Å². The van der Waals surface area contributed by atoms with Crippen LogP contribution in [0.15, 0.2) is 72.4 Å². The lowest BCUT2D eigenvalue weighted by Gasteiger charge is -2.26. The van der Waals surface area contributed by atoms with Crippen molar-refractivity contribution >= 4 is 17.4 Å². The van der Waals surface area contributed by atoms with Gasteiger partial charge in [-0.15, -0.1) is 0 Å². The zero-order valence-corrected chi connectivity index (χ0v) is 18.6. The van der Waals surface area contributed by atoms with Gasteiger partial charge in [0.2, 0.25) is 0 Å². The van der Waals surface area contributed by atoms with E-state index in [1.807, 2.05) is 37.3 Å². The number of ether oxygens (including phenoxy) is 2. The van der Waals surface area contributed by atoms with Crippen LogP contribution >= 0.6 is 0 Å². The van der Waals surface area contributed by atoms with Gasteiger partial charge in [0.05, 0.1) is 38.1 Å². The first-order valence-electron chi connectivity index (χ1n) is 10.4. The molecule has 1 aromatic heterocycles. The van der Waals surface area contributed by atoms with Crippen molar-refractivity contribution in [2.24, 2.45) is 0 Å². The Hall–Kier alpha value is -4.13. The molecule has 0 radical (unpaired) electrons. The molecule has 0 aliphatic carbocycles. The number of aromatic nitrogens is 1. The van der Waals surface area contributed by atoms with E-state index in [4.69, 9.17) is 9.47 Å². The number of Topliss-reactive ketones (excluding diaryl/α,β-unsaturated/α-hetero) is 1. The van der Waals surface area contributed by atoms with Gasteiger partial charge in [-0.3, -0.25) is 14.6 Å². The maximum Gasteiger partial charge on any atom is 0.296 e. The predicted molar refractivity (Wildman–Crippen MR) is 123 cm³/mol. The fourth-order valence-electron chi connectivity index (χ4n) is 4.07. The van der Waals surface area contributed by atoms with Gasteiger partial charge in [-0.25, -0.2) is 0 Å². The minimum Gasteiger partial charge on any atom is -0.507 e. The summed E-state index contributed by atoms with van der Waals surface area (Å²) in [5.41, 5.74) is 2.67. The molecule has 33 heavy (non-hydrogen) atoms. The second-order valence-electron chi connectivity index (χ2n) is 7.67. The molecule has 1 saturated heterocycles. The molecule has 168 valence electrons. The third-order valence-electron chi connectivity index (χ3n) is 5.74. The fraction of sp³-hybridized carbons (Fsp3) is 0.192. The molecular weight excluding hydrogens is 420 g/mol. The fourth-order valence-corrected chi connectivity index (χ4v) is 4.07. The highest BCUT2D eigenvalue weighted by Crippen LogP contribution is 2.42. The van der Waals surface area contributed by atoms with E-state index in [0.29, 0.717) is 22.8 Å². The average Bonchev–Trinajstić information content (AvgIpc) is 3.08. The van der Waals surface area contributed by atoms with Crippen LogP contribution in [0.3, 0.4) is 0 Å². The van der Waals surface area contributed by atoms with Crippen LogP contribution in [-0.4, -0.2) is 40.9 Å². The summed E-state index contributed by atoms with van der Waals surface area (Å²) >= 11 is 0. The number of methoxy groups -OCH3 is 2. The van der Waals surface area contributed by atoms with Crippen molar-refractivity contribution in [1.82, 2.24) is 9.88 Å². The summed E-state index contributed by atoms with van der Waals surface area (Å²) in [6.45, 7) is 2.04. The molecule has 0 spiro atoms. The van der Waals surface area contributed by atoms with Crippen LogP contribution in [0.5, 0.6) is 11.5 Å². The van der Waals surface area contributed by atoms with Crippen molar-refractivity contribution in [3.63, 3.8) is 0 Å². The molecule has 1 aliphatic heterocycles. The summed E-state index contributed by atoms with van der Waals surface area (Å²) in [5, 5.41) is 11.3. The number of amides is 1. The molecule has 0 bridgehead atoms. The maximum absolute atomic E-state index is 13.2. The van der Waals surface area contributed by atoms with Crippen LogP contribution in [0.4, 0.5) is 0 Å². The summed E-state index contributed by atoms with van der Waals surface area (Å²) in [5.74, 6) is -0.815. The molecule has 1 fully saturated rings. The number of hydrogen-bond donors (Lipinski definition) is 1. The first-order valence-corrected chi connectivity index (χ1v) is 10.4. The van der Waals surface area contributed by atoms with Crippen LogP contribution in [0.2, 0.25) is 0 Å². The molecule has 7 nitrogen and oxygen atoms in total. The first kappa shape index (κ1) is 22.1. The number of carbonyl (C=O) groups is 2. The largest absolute Gasteiger partial charge is 0.507 e. The highest BCUT2D eigenvalue weighted by Gasteiger charge is 2.46. The number of pyridine rings is 1. The molecule has 3 aromatic rings. The number of benzene rings is 2. The minimum absolute atomic E-state index is 0.0254. The summed E-state index contributed by atoms with van der Waals surface area (Å²) in [6, 6.07) is 17.0. The van der Waals surface area contributed by atoms with Gasteiger partial charge < -0.3 is 19.5 Å². The third-order valence-corrected chi connectivity index (χ3v) is 5.74. The molecule has 7 heteroatoms. The first-order chi connectivity index (χ1) is 16.0. The molecule has 1 N–H and O–H groups in total. The lowest BCUT2D eigenvalue weighted by Crippen LogP contribution is -2.29. The van der Waals surface area contributed by atoms with E-state index >= 15 is 0 Å². The lowest BCUT2D eigenvalue weighted by molar-refractivity contribution is -0.140. The van der Waals surface area contributed by atoms with Crippen LogP contribution in [-0.2, 0) is 16.1 Å². The summed E-state index contributed by atoms with van der Waals surface area (Å²) in [7, 11) is 3.00. The van der Waals surface area contributed by atoms with Gasteiger partial charge in [0.1, 0.15) is 5.76 Å². The van der Waals surface area contributed by atoms with Crippen molar-refractivity contribution in [2.45, 2.75) is 19.5 Å². The van der Waals surface area contributed by atoms with Crippen molar-refractivity contribution in [3.8, 4) is 11.5 Å². The van der Waals surface area contributed by atoms with Crippen LogP contribution in [0, 0.1) is 6.92 Å². The quantitative estimate of drug-likeness (QED) is 0.351. The van der Waals surface area contributed by atoms with E-state index in [1.165, 1.54) is 19.1 Å². The number of hydrogen-bond acceptors (Lipinski definition) is 6. The summed E-state index contributed by atoms with van der Waals surface area (Å²) < 4.78 is 10.6. The summed E-state index contributed by atoms with van der Waals surface area (Å²) in [4.78, 5) is 32.1. The second kappa shape index (κ2) is 9.16. The van der Waals surface area contributed by atoms with Crippen molar-refractivity contribution in [1.29, 1.82) is 0 Å². The highest BCUT2D eigenvalue weighted by atomic mass is 16.5. The Morgan fingerprint density at radius 1 is 1.00 bits per heavy atom. The normalized spacial score (nSPS) is 17.3. The van der Waals surface area contributed by atoms with E-state index in [-0.39, 0.29) is 17.9 Å².